The molecule has 0 aliphatic rings. The summed E-state index contributed by atoms with van der Waals surface area (Å²) >= 11 is 0. The first-order valence-corrected chi connectivity index (χ1v) is 9.44. The lowest BCUT2D eigenvalue weighted by atomic mass is 10.1. The van der Waals surface area contributed by atoms with Gasteiger partial charge in [0.2, 0.25) is 11.7 Å². The van der Waals surface area contributed by atoms with Gasteiger partial charge >= 0.3 is 0 Å². The first-order valence-electron chi connectivity index (χ1n) is 9.44. The second-order valence-electron chi connectivity index (χ2n) is 6.88. The van der Waals surface area contributed by atoms with Crippen molar-refractivity contribution in [2.24, 2.45) is 0 Å². The molecule has 0 saturated carbocycles. The lowest BCUT2D eigenvalue weighted by molar-refractivity contribution is -0.116. The standard InChI is InChI=1S/C23H17N5O3/c1-15-7-9-17(10-8-15)21-26-22(31-27-21)19-6-3-11-28(23(19)30)14-20(29)25-18-5-2-4-16(12-18)13-24/h2-12H,14H2,1H3,(H,25,29). The molecule has 0 atom stereocenters. The molecular formula is C23H17N5O3. The van der Waals surface area contributed by atoms with Crippen molar-refractivity contribution in [3.8, 4) is 28.9 Å². The molecule has 2 heterocycles. The highest BCUT2D eigenvalue weighted by Gasteiger charge is 2.16. The highest BCUT2D eigenvalue weighted by Crippen LogP contribution is 2.20. The molecule has 0 bridgehead atoms. The summed E-state index contributed by atoms with van der Waals surface area (Å²) in [7, 11) is 0. The van der Waals surface area contributed by atoms with E-state index < -0.39 is 11.5 Å². The Morgan fingerprint density at radius 2 is 1.97 bits per heavy atom. The second kappa shape index (κ2) is 8.47. The van der Waals surface area contributed by atoms with Crippen LogP contribution in [0.2, 0.25) is 0 Å². The highest BCUT2D eigenvalue weighted by molar-refractivity contribution is 5.90. The fourth-order valence-corrected chi connectivity index (χ4v) is 3.00. The predicted octanol–water partition coefficient (Wildman–Crippen LogP) is 3.38. The van der Waals surface area contributed by atoms with Gasteiger partial charge in [-0.15, -0.1) is 0 Å². The Balaban J connectivity index is 1.55. The number of amides is 1. The monoisotopic (exact) mass is 411 g/mol. The van der Waals surface area contributed by atoms with E-state index in [-0.39, 0.29) is 18.0 Å². The largest absolute Gasteiger partial charge is 0.333 e. The third-order valence-corrected chi connectivity index (χ3v) is 4.58. The Hall–Kier alpha value is -4.51. The van der Waals surface area contributed by atoms with Gasteiger partial charge in [-0.3, -0.25) is 9.59 Å². The van der Waals surface area contributed by atoms with Crippen molar-refractivity contribution in [1.29, 1.82) is 5.26 Å². The molecule has 1 amide bonds. The van der Waals surface area contributed by atoms with Crippen LogP contribution in [0.25, 0.3) is 22.8 Å². The van der Waals surface area contributed by atoms with Crippen LogP contribution in [0.3, 0.4) is 0 Å². The summed E-state index contributed by atoms with van der Waals surface area (Å²) in [5.74, 6) is 0.0530. The molecule has 0 spiro atoms. The molecule has 0 fully saturated rings. The SMILES string of the molecule is Cc1ccc(-c2noc(-c3cccn(CC(=O)Nc4cccc(C#N)c4)c3=O)n2)cc1. The first kappa shape index (κ1) is 19.8. The normalized spacial score (nSPS) is 10.5. The summed E-state index contributed by atoms with van der Waals surface area (Å²) in [6, 6.07) is 19.4. The molecule has 1 N–H and O–H groups in total. The maximum absolute atomic E-state index is 12.9. The zero-order valence-electron chi connectivity index (χ0n) is 16.6. The number of anilines is 1. The zero-order valence-corrected chi connectivity index (χ0v) is 16.6. The lowest BCUT2D eigenvalue weighted by Gasteiger charge is -2.08. The smallest absolute Gasteiger partial charge is 0.263 e. The molecule has 4 rings (SSSR count). The van der Waals surface area contributed by atoms with E-state index in [0.717, 1.165) is 11.1 Å². The number of nitrogens with zero attached hydrogens (tertiary/aromatic N) is 4. The Kier molecular flexibility index (Phi) is 5.41. The van der Waals surface area contributed by atoms with Gasteiger partial charge in [-0.1, -0.05) is 41.1 Å². The summed E-state index contributed by atoms with van der Waals surface area (Å²) in [4.78, 5) is 29.6. The first-order chi connectivity index (χ1) is 15.0. The predicted molar refractivity (Wildman–Crippen MR) is 114 cm³/mol. The van der Waals surface area contributed by atoms with Gasteiger partial charge in [0.05, 0.1) is 11.6 Å². The Morgan fingerprint density at radius 3 is 2.74 bits per heavy atom. The van der Waals surface area contributed by atoms with E-state index in [0.29, 0.717) is 17.1 Å². The molecule has 0 unspecified atom stereocenters. The van der Waals surface area contributed by atoms with Crippen molar-refractivity contribution < 1.29 is 9.32 Å². The molecule has 0 radical (unpaired) electrons. The molecular weight excluding hydrogens is 394 g/mol. The van der Waals surface area contributed by atoms with E-state index in [2.05, 4.69) is 15.5 Å². The second-order valence-corrected chi connectivity index (χ2v) is 6.88. The molecule has 0 aliphatic carbocycles. The molecule has 2 aromatic carbocycles. The highest BCUT2D eigenvalue weighted by atomic mass is 16.5. The minimum absolute atomic E-state index is 0.0806. The van der Waals surface area contributed by atoms with Crippen LogP contribution in [0.5, 0.6) is 0 Å². The van der Waals surface area contributed by atoms with Crippen molar-refractivity contribution in [3.63, 3.8) is 0 Å². The third kappa shape index (κ3) is 4.41. The van der Waals surface area contributed by atoms with Gasteiger partial charge in [0.25, 0.3) is 11.4 Å². The van der Waals surface area contributed by atoms with Crippen molar-refractivity contribution in [3.05, 3.63) is 88.3 Å². The number of nitriles is 1. The van der Waals surface area contributed by atoms with Crippen molar-refractivity contribution >= 4 is 11.6 Å². The number of hydrogen-bond acceptors (Lipinski definition) is 6. The van der Waals surface area contributed by atoms with Crippen LogP contribution in [-0.2, 0) is 11.3 Å². The van der Waals surface area contributed by atoms with Crippen LogP contribution in [0.4, 0.5) is 5.69 Å². The number of carbonyl (C=O) groups excluding carboxylic acids is 1. The number of aryl methyl sites for hydroxylation is 1. The lowest BCUT2D eigenvalue weighted by Crippen LogP contribution is -2.28. The van der Waals surface area contributed by atoms with E-state index in [1.165, 1.54) is 10.8 Å². The molecule has 8 heteroatoms. The molecule has 8 nitrogen and oxygen atoms in total. The maximum atomic E-state index is 12.9. The van der Waals surface area contributed by atoms with E-state index in [4.69, 9.17) is 9.78 Å². The van der Waals surface area contributed by atoms with Gasteiger partial charge in [0.1, 0.15) is 12.1 Å². The average molecular weight is 411 g/mol. The third-order valence-electron chi connectivity index (χ3n) is 4.58. The average Bonchev–Trinajstić information content (AvgIpc) is 3.26. The maximum Gasteiger partial charge on any atom is 0.263 e. The quantitative estimate of drug-likeness (QED) is 0.538. The molecule has 31 heavy (non-hydrogen) atoms. The Labute approximate surface area is 177 Å². The summed E-state index contributed by atoms with van der Waals surface area (Å²) in [5.41, 5.74) is 2.56. The summed E-state index contributed by atoms with van der Waals surface area (Å²) in [5, 5.41) is 15.6. The van der Waals surface area contributed by atoms with Gasteiger partial charge in [0.15, 0.2) is 0 Å². The van der Waals surface area contributed by atoms with Crippen LogP contribution >= 0.6 is 0 Å². The van der Waals surface area contributed by atoms with E-state index in [1.807, 2.05) is 37.3 Å². The number of benzene rings is 2. The molecule has 2 aromatic heterocycles. The molecule has 4 aromatic rings. The summed E-state index contributed by atoms with van der Waals surface area (Å²) in [6.07, 6.45) is 1.51. The number of carbonyl (C=O) groups is 1. The Bertz CT molecular complexity index is 1350. The Morgan fingerprint density at radius 1 is 1.16 bits per heavy atom. The number of pyridine rings is 1. The summed E-state index contributed by atoms with van der Waals surface area (Å²) < 4.78 is 6.55. The fourth-order valence-electron chi connectivity index (χ4n) is 3.00. The van der Waals surface area contributed by atoms with E-state index >= 15 is 0 Å². The molecule has 0 aliphatic heterocycles. The topological polar surface area (TPSA) is 114 Å². The van der Waals surface area contributed by atoms with Gasteiger partial charge < -0.3 is 14.4 Å². The minimum atomic E-state index is -0.428. The van der Waals surface area contributed by atoms with Crippen molar-refractivity contribution in [2.45, 2.75) is 13.5 Å². The van der Waals surface area contributed by atoms with Gasteiger partial charge in [-0.25, -0.2) is 0 Å². The summed E-state index contributed by atoms with van der Waals surface area (Å²) in [6.45, 7) is 1.77. The van der Waals surface area contributed by atoms with Gasteiger partial charge in [0, 0.05) is 17.4 Å². The number of rotatable bonds is 5. The molecule has 152 valence electrons. The molecule has 0 saturated heterocycles. The van der Waals surface area contributed by atoms with Crippen LogP contribution in [0, 0.1) is 18.3 Å². The van der Waals surface area contributed by atoms with Crippen LogP contribution in [-0.4, -0.2) is 20.6 Å². The van der Waals surface area contributed by atoms with Gasteiger partial charge in [-0.2, -0.15) is 10.2 Å². The van der Waals surface area contributed by atoms with Crippen molar-refractivity contribution in [1.82, 2.24) is 14.7 Å². The van der Waals surface area contributed by atoms with Crippen molar-refractivity contribution in [2.75, 3.05) is 5.32 Å². The van der Waals surface area contributed by atoms with Crippen LogP contribution in [0.15, 0.2) is 76.2 Å². The van der Waals surface area contributed by atoms with Gasteiger partial charge in [-0.05, 0) is 37.3 Å². The van der Waals surface area contributed by atoms with Crippen LogP contribution in [0.1, 0.15) is 11.1 Å². The fraction of sp³-hybridized carbons (Fsp3) is 0.0870. The van der Waals surface area contributed by atoms with E-state index in [9.17, 15) is 9.59 Å². The zero-order chi connectivity index (χ0) is 21.8. The number of nitrogens with one attached hydrogen (secondary N) is 1. The van der Waals surface area contributed by atoms with E-state index in [1.54, 1.807) is 36.4 Å². The van der Waals surface area contributed by atoms with Crippen LogP contribution < -0.4 is 10.9 Å². The number of aromatic nitrogens is 3. The number of hydrogen-bond donors (Lipinski definition) is 1. The minimum Gasteiger partial charge on any atom is -0.333 e.